The topological polar surface area (TPSA) is 102 Å². The molecule has 6 heteroatoms. The van der Waals surface area contributed by atoms with Crippen molar-refractivity contribution in [2.45, 2.75) is 81.8 Å². The SMILES string of the molecule is OC[C@@H]1N[C@H](C/C=C\CCOCC23CC4CC(CC(C4)C2)C3)[C@H](O)[C@@H](O)[C@@H]1O. The first-order chi connectivity index (χ1) is 13.5. The summed E-state index contributed by atoms with van der Waals surface area (Å²) in [7, 11) is 0. The molecule has 0 aromatic heterocycles. The molecule has 0 aromatic rings. The Balaban J connectivity index is 1.15. The summed E-state index contributed by atoms with van der Waals surface area (Å²) < 4.78 is 6.07. The molecule has 4 bridgehead atoms. The third-order valence-corrected chi connectivity index (χ3v) is 7.71. The zero-order chi connectivity index (χ0) is 19.7. The van der Waals surface area contributed by atoms with Gasteiger partial charge in [-0.15, -0.1) is 0 Å². The summed E-state index contributed by atoms with van der Waals surface area (Å²) in [5, 5.41) is 42.1. The molecule has 4 aliphatic carbocycles. The van der Waals surface area contributed by atoms with Crippen molar-refractivity contribution in [3.05, 3.63) is 12.2 Å². The van der Waals surface area contributed by atoms with Gasteiger partial charge in [0, 0.05) is 6.04 Å². The van der Waals surface area contributed by atoms with E-state index >= 15 is 0 Å². The number of rotatable bonds is 8. The normalized spacial score (nSPS) is 47.9. The van der Waals surface area contributed by atoms with Crippen molar-refractivity contribution in [2.24, 2.45) is 23.2 Å². The van der Waals surface area contributed by atoms with Crippen LogP contribution in [0.2, 0.25) is 0 Å². The molecule has 1 heterocycles. The first-order valence-corrected chi connectivity index (χ1v) is 11.1. The summed E-state index contributed by atoms with van der Waals surface area (Å²) in [6.07, 6.45) is 10.5. The summed E-state index contributed by atoms with van der Waals surface area (Å²) >= 11 is 0. The van der Waals surface area contributed by atoms with Gasteiger partial charge >= 0.3 is 0 Å². The van der Waals surface area contributed by atoms with Crippen LogP contribution in [0.5, 0.6) is 0 Å². The molecule has 160 valence electrons. The predicted octanol–water partition coefficient (Wildman–Crippen LogP) is 0.971. The van der Waals surface area contributed by atoms with E-state index in [-0.39, 0.29) is 12.6 Å². The average molecular weight is 396 g/mol. The highest BCUT2D eigenvalue weighted by atomic mass is 16.5. The lowest BCUT2D eigenvalue weighted by Gasteiger charge is -2.56. The van der Waals surface area contributed by atoms with E-state index in [9.17, 15) is 20.4 Å². The smallest absolute Gasteiger partial charge is 0.109 e. The van der Waals surface area contributed by atoms with Gasteiger partial charge in [0.2, 0.25) is 0 Å². The Bertz CT molecular complexity index is 516. The van der Waals surface area contributed by atoms with E-state index in [1.54, 1.807) is 0 Å². The molecule has 5 rings (SSSR count). The van der Waals surface area contributed by atoms with E-state index in [1.165, 1.54) is 38.5 Å². The van der Waals surface area contributed by atoms with Crippen LogP contribution in [0.25, 0.3) is 0 Å². The molecule has 0 spiro atoms. The van der Waals surface area contributed by atoms with Crippen molar-refractivity contribution < 1.29 is 25.2 Å². The molecule has 1 aliphatic heterocycles. The van der Waals surface area contributed by atoms with E-state index in [2.05, 4.69) is 11.4 Å². The molecular weight excluding hydrogens is 358 g/mol. The molecule has 5 N–H and O–H groups in total. The summed E-state index contributed by atoms with van der Waals surface area (Å²) in [4.78, 5) is 0. The van der Waals surface area contributed by atoms with Crippen molar-refractivity contribution in [1.29, 1.82) is 0 Å². The Labute approximate surface area is 168 Å². The molecule has 0 radical (unpaired) electrons. The molecule has 28 heavy (non-hydrogen) atoms. The summed E-state index contributed by atoms with van der Waals surface area (Å²) in [6.45, 7) is 1.36. The summed E-state index contributed by atoms with van der Waals surface area (Å²) in [5.74, 6) is 2.88. The third kappa shape index (κ3) is 4.32. The monoisotopic (exact) mass is 395 g/mol. The van der Waals surface area contributed by atoms with Gasteiger partial charge in [0.1, 0.15) is 6.10 Å². The van der Waals surface area contributed by atoms with Crippen molar-refractivity contribution in [1.82, 2.24) is 5.32 Å². The summed E-state index contributed by atoms with van der Waals surface area (Å²) in [5.41, 5.74) is 0.463. The molecule has 5 aliphatic rings. The van der Waals surface area contributed by atoms with Crippen molar-refractivity contribution in [2.75, 3.05) is 19.8 Å². The molecule has 5 atom stereocenters. The van der Waals surface area contributed by atoms with E-state index < -0.39 is 24.4 Å². The van der Waals surface area contributed by atoms with Gasteiger partial charge < -0.3 is 30.5 Å². The van der Waals surface area contributed by atoms with E-state index in [4.69, 9.17) is 4.74 Å². The quantitative estimate of drug-likeness (QED) is 0.310. The highest BCUT2D eigenvalue weighted by Gasteiger charge is 2.50. The number of ether oxygens (including phenoxy) is 1. The van der Waals surface area contributed by atoms with Crippen LogP contribution in [0.4, 0.5) is 0 Å². The molecule has 4 saturated carbocycles. The van der Waals surface area contributed by atoms with Gasteiger partial charge in [0.15, 0.2) is 0 Å². The number of hydrogen-bond donors (Lipinski definition) is 5. The van der Waals surface area contributed by atoms with Gasteiger partial charge in [-0.1, -0.05) is 12.2 Å². The fourth-order valence-corrected chi connectivity index (χ4v) is 6.79. The van der Waals surface area contributed by atoms with Crippen LogP contribution in [0.1, 0.15) is 51.4 Å². The lowest BCUT2D eigenvalue weighted by atomic mass is 9.50. The van der Waals surface area contributed by atoms with E-state index in [1.807, 2.05) is 6.08 Å². The van der Waals surface area contributed by atoms with Crippen LogP contribution in [0, 0.1) is 23.2 Å². The number of nitrogens with one attached hydrogen (secondary N) is 1. The molecular formula is C22H37NO5. The van der Waals surface area contributed by atoms with Crippen molar-refractivity contribution in [3.8, 4) is 0 Å². The lowest BCUT2D eigenvalue weighted by molar-refractivity contribution is -0.118. The van der Waals surface area contributed by atoms with Gasteiger partial charge in [-0.3, -0.25) is 0 Å². The van der Waals surface area contributed by atoms with Gasteiger partial charge in [-0.2, -0.15) is 0 Å². The van der Waals surface area contributed by atoms with Crippen molar-refractivity contribution >= 4 is 0 Å². The Hall–Kier alpha value is -0.500. The standard InChI is InChI=1S/C22H37NO5/c24-12-18-20(26)21(27)19(25)17(23-18)4-2-1-3-5-28-13-22-9-14-6-15(10-22)8-16(7-14)11-22/h1-2,14-21,23-27H,3-13H2/b2-1-/t14?,15?,16?,17-,18+,19+,20-,21-,22?/m1/s1. The molecule has 0 amide bonds. The minimum absolute atomic E-state index is 0.274. The fraction of sp³-hybridized carbons (Fsp3) is 0.909. The second-order valence-electron chi connectivity index (χ2n) is 10.00. The Morgan fingerprint density at radius 1 is 0.857 bits per heavy atom. The number of piperidine rings is 1. The zero-order valence-electron chi connectivity index (χ0n) is 16.7. The fourth-order valence-electron chi connectivity index (χ4n) is 6.79. The zero-order valence-corrected chi connectivity index (χ0v) is 16.7. The Morgan fingerprint density at radius 2 is 1.46 bits per heavy atom. The lowest BCUT2D eigenvalue weighted by Crippen LogP contribution is -2.65. The minimum Gasteiger partial charge on any atom is -0.395 e. The number of aliphatic hydroxyl groups is 4. The largest absolute Gasteiger partial charge is 0.395 e. The highest BCUT2D eigenvalue weighted by Crippen LogP contribution is 2.60. The third-order valence-electron chi connectivity index (χ3n) is 7.71. The van der Waals surface area contributed by atoms with Crippen molar-refractivity contribution in [3.63, 3.8) is 0 Å². The molecule has 0 unspecified atom stereocenters. The predicted molar refractivity (Wildman–Crippen MR) is 106 cm³/mol. The average Bonchev–Trinajstić information content (AvgIpc) is 2.66. The highest BCUT2D eigenvalue weighted by molar-refractivity contribution is 5.02. The minimum atomic E-state index is -1.24. The molecule has 6 nitrogen and oxygen atoms in total. The van der Waals surface area contributed by atoms with Crippen LogP contribution >= 0.6 is 0 Å². The molecule has 0 aromatic carbocycles. The van der Waals surface area contributed by atoms with Gasteiger partial charge in [-0.05, 0) is 74.5 Å². The van der Waals surface area contributed by atoms with Crippen LogP contribution in [-0.4, -0.2) is 70.6 Å². The summed E-state index contributed by atoms with van der Waals surface area (Å²) in [6, 6.07) is -0.986. The maximum atomic E-state index is 10.1. The first-order valence-electron chi connectivity index (χ1n) is 11.1. The molecule has 1 saturated heterocycles. The molecule has 5 fully saturated rings. The van der Waals surface area contributed by atoms with Crippen LogP contribution < -0.4 is 5.32 Å². The Morgan fingerprint density at radius 3 is 2.07 bits per heavy atom. The second-order valence-corrected chi connectivity index (χ2v) is 10.00. The van der Waals surface area contributed by atoms with Gasteiger partial charge in [0.25, 0.3) is 0 Å². The van der Waals surface area contributed by atoms with Crippen LogP contribution in [-0.2, 0) is 4.74 Å². The number of aliphatic hydroxyl groups excluding tert-OH is 4. The maximum Gasteiger partial charge on any atom is 0.109 e. The van der Waals surface area contributed by atoms with Gasteiger partial charge in [0.05, 0.1) is 38.1 Å². The second kappa shape index (κ2) is 8.70. The van der Waals surface area contributed by atoms with Crippen LogP contribution in [0.15, 0.2) is 12.2 Å². The van der Waals surface area contributed by atoms with E-state index in [0.717, 1.165) is 37.4 Å². The number of hydrogen-bond acceptors (Lipinski definition) is 6. The Kier molecular flexibility index (Phi) is 6.45. The maximum absolute atomic E-state index is 10.1. The van der Waals surface area contributed by atoms with E-state index in [0.29, 0.717) is 11.8 Å². The first kappa shape index (κ1) is 20.8. The van der Waals surface area contributed by atoms with Gasteiger partial charge in [-0.25, -0.2) is 0 Å². The van der Waals surface area contributed by atoms with Crippen LogP contribution in [0.3, 0.4) is 0 Å².